The lowest BCUT2D eigenvalue weighted by Gasteiger charge is -2.38. The van der Waals surface area contributed by atoms with E-state index in [-0.39, 0.29) is 17.9 Å². The third-order valence-electron chi connectivity index (χ3n) is 7.62. The molecule has 6 rings (SSSR count). The number of ether oxygens (including phenoxy) is 1. The van der Waals surface area contributed by atoms with Crippen LogP contribution in [0.15, 0.2) is 49.2 Å². The summed E-state index contributed by atoms with van der Waals surface area (Å²) in [5.74, 6) is 1.99. The molecule has 5 heterocycles. The number of pyridine rings is 1. The summed E-state index contributed by atoms with van der Waals surface area (Å²) in [6.45, 7) is 3.82. The van der Waals surface area contributed by atoms with Crippen molar-refractivity contribution in [2.24, 2.45) is 0 Å². The van der Waals surface area contributed by atoms with Crippen molar-refractivity contribution >= 4 is 23.2 Å². The van der Waals surface area contributed by atoms with E-state index in [1.807, 2.05) is 32.0 Å². The number of aryl methyl sites for hydroxylation is 1. The largest absolute Gasteiger partial charge is 0.368 e. The van der Waals surface area contributed by atoms with Crippen molar-refractivity contribution in [1.82, 2.24) is 49.9 Å². The first-order valence-electron chi connectivity index (χ1n) is 13.4. The molecule has 0 radical (unpaired) electrons. The van der Waals surface area contributed by atoms with E-state index in [2.05, 4.69) is 41.0 Å². The molecule has 0 aromatic carbocycles. The van der Waals surface area contributed by atoms with Crippen LogP contribution in [0.3, 0.4) is 0 Å². The van der Waals surface area contributed by atoms with Gasteiger partial charge in [-0.05, 0) is 51.2 Å². The molecular formula is C27H30FN11O2. The van der Waals surface area contributed by atoms with E-state index in [0.717, 1.165) is 23.3 Å². The number of aromatic nitrogens is 9. The number of hydrogen-bond acceptors (Lipinski definition) is 9. The van der Waals surface area contributed by atoms with E-state index in [4.69, 9.17) is 9.72 Å². The van der Waals surface area contributed by atoms with E-state index in [0.29, 0.717) is 48.8 Å². The fraction of sp³-hybridized carbons (Fsp3) is 0.370. The van der Waals surface area contributed by atoms with Gasteiger partial charge < -0.3 is 15.4 Å². The molecule has 1 fully saturated rings. The average molecular weight is 560 g/mol. The molecular weight excluding hydrogens is 529 g/mol. The van der Waals surface area contributed by atoms with Crippen molar-refractivity contribution in [2.75, 3.05) is 12.4 Å². The molecule has 5 aromatic rings. The van der Waals surface area contributed by atoms with Crippen LogP contribution in [0, 0.1) is 12.7 Å². The molecule has 1 aliphatic rings. The number of hydrogen-bond donors (Lipinski definition) is 3. The van der Waals surface area contributed by atoms with Gasteiger partial charge in [-0.25, -0.2) is 24.0 Å². The number of anilines is 2. The van der Waals surface area contributed by atoms with Gasteiger partial charge >= 0.3 is 0 Å². The van der Waals surface area contributed by atoms with Gasteiger partial charge in [-0.2, -0.15) is 19.8 Å². The molecule has 3 N–H and O–H groups in total. The number of carbonyl (C=O) groups is 1. The lowest BCUT2D eigenvalue weighted by molar-refractivity contribution is -0.148. The van der Waals surface area contributed by atoms with Gasteiger partial charge in [0, 0.05) is 37.1 Å². The van der Waals surface area contributed by atoms with Crippen LogP contribution in [0.1, 0.15) is 61.6 Å². The van der Waals surface area contributed by atoms with Crippen LogP contribution in [-0.4, -0.2) is 63.2 Å². The van der Waals surface area contributed by atoms with E-state index < -0.39 is 11.4 Å². The van der Waals surface area contributed by atoms with Gasteiger partial charge in [-0.15, -0.1) is 0 Å². The fourth-order valence-corrected chi connectivity index (χ4v) is 5.29. The second-order valence-electron chi connectivity index (χ2n) is 10.3. The van der Waals surface area contributed by atoms with Crippen LogP contribution < -0.4 is 10.6 Å². The molecule has 14 heteroatoms. The van der Waals surface area contributed by atoms with Crippen molar-refractivity contribution < 1.29 is 13.9 Å². The van der Waals surface area contributed by atoms with Crippen LogP contribution in [0.4, 0.5) is 16.0 Å². The molecule has 1 aliphatic carbocycles. The standard InChI is InChI=1S/C27H30FN11O2/c1-16-10-22(37-36-16)34-21-11-24-30-15-32-39(24)25(35-21)18-6-8-27(41-3,9-7-18)26(40)33-17(2)19-4-5-23(29-12-19)38-14-20(28)13-31-38/h4-5,10-15,17-18H,6-9H2,1-3H3,(H,33,40)(H2,34,36,37)/t17-,18-,27+/m0/s1. The minimum Gasteiger partial charge on any atom is -0.368 e. The molecule has 0 aliphatic heterocycles. The van der Waals surface area contributed by atoms with Crippen molar-refractivity contribution in [1.29, 1.82) is 0 Å². The fourth-order valence-electron chi connectivity index (χ4n) is 5.29. The number of nitrogens with one attached hydrogen (secondary N) is 3. The SMILES string of the molecule is CO[C@]1(C(=O)N[C@@H](C)c2ccc(-n3cc(F)cn3)nc2)CC[C@H](c2nc(Nc3cc(C)[nH]n3)cc3ncnn32)CC1. The summed E-state index contributed by atoms with van der Waals surface area (Å²) >= 11 is 0. The first-order chi connectivity index (χ1) is 19.8. The van der Waals surface area contributed by atoms with Crippen molar-refractivity contribution in [3.8, 4) is 5.82 Å². The Bertz CT molecular complexity index is 1670. The Kier molecular flexibility index (Phi) is 6.91. The van der Waals surface area contributed by atoms with Crippen molar-refractivity contribution in [3.63, 3.8) is 0 Å². The van der Waals surface area contributed by atoms with E-state index >= 15 is 0 Å². The Hall–Kier alpha value is -4.72. The number of carbonyl (C=O) groups excluding carboxylic acids is 1. The van der Waals surface area contributed by atoms with Gasteiger partial charge in [0.25, 0.3) is 5.91 Å². The third kappa shape index (κ3) is 5.25. The molecule has 1 amide bonds. The Balaban J connectivity index is 1.14. The quantitative estimate of drug-likeness (QED) is 0.259. The van der Waals surface area contributed by atoms with Crippen molar-refractivity contribution in [3.05, 3.63) is 72.1 Å². The van der Waals surface area contributed by atoms with Crippen LogP contribution in [0.25, 0.3) is 11.5 Å². The van der Waals surface area contributed by atoms with Crippen LogP contribution in [-0.2, 0) is 9.53 Å². The summed E-state index contributed by atoms with van der Waals surface area (Å²) in [6, 6.07) is 6.98. The number of aromatic amines is 1. The van der Waals surface area contributed by atoms with Gasteiger partial charge in [-0.1, -0.05) is 6.07 Å². The molecule has 1 saturated carbocycles. The molecule has 41 heavy (non-hydrogen) atoms. The Morgan fingerprint density at radius 3 is 2.66 bits per heavy atom. The monoisotopic (exact) mass is 559 g/mol. The van der Waals surface area contributed by atoms with E-state index in [1.165, 1.54) is 17.2 Å². The number of H-pyrrole nitrogens is 1. The van der Waals surface area contributed by atoms with Gasteiger partial charge in [0.15, 0.2) is 23.1 Å². The highest BCUT2D eigenvalue weighted by molar-refractivity contribution is 5.85. The number of fused-ring (bicyclic) bond motifs is 1. The molecule has 1 atom stereocenters. The summed E-state index contributed by atoms with van der Waals surface area (Å²) in [6.07, 6.45) is 7.93. The molecule has 5 aromatic heterocycles. The van der Waals surface area contributed by atoms with Crippen LogP contribution >= 0.6 is 0 Å². The number of amides is 1. The van der Waals surface area contributed by atoms with Crippen LogP contribution in [0.2, 0.25) is 0 Å². The number of halogens is 1. The van der Waals surface area contributed by atoms with E-state index in [1.54, 1.807) is 23.9 Å². The second-order valence-corrected chi connectivity index (χ2v) is 10.3. The summed E-state index contributed by atoms with van der Waals surface area (Å²) in [4.78, 5) is 27.1. The van der Waals surface area contributed by atoms with Gasteiger partial charge in [0.1, 0.15) is 23.6 Å². The zero-order valence-electron chi connectivity index (χ0n) is 22.9. The predicted molar refractivity (Wildman–Crippen MR) is 146 cm³/mol. The molecule has 0 saturated heterocycles. The van der Waals surface area contributed by atoms with E-state index in [9.17, 15) is 9.18 Å². The first kappa shape index (κ1) is 26.5. The summed E-state index contributed by atoms with van der Waals surface area (Å²) in [5, 5.41) is 21.8. The summed E-state index contributed by atoms with van der Waals surface area (Å²) in [5.41, 5.74) is 1.46. The number of nitrogens with zero attached hydrogens (tertiary/aromatic N) is 8. The average Bonchev–Trinajstić information content (AvgIpc) is 3.74. The molecule has 0 unspecified atom stereocenters. The Labute approximate surface area is 234 Å². The maximum atomic E-state index is 13.5. The van der Waals surface area contributed by atoms with Gasteiger partial charge in [0.05, 0.1) is 18.4 Å². The Morgan fingerprint density at radius 2 is 2.00 bits per heavy atom. The van der Waals surface area contributed by atoms with Crippen LogP contribution in [0.5, 0.6) is 0 Å². The van der Waals surface area contributed by atoms with Gasteiger partial charge in [-0.3, -0.25) is 9.89 Å². The van der Waals surface area contributed by atoms with Gasteiger partial charge in [0.2, 0.25) is 0 Å². The Morgan fingerprint density at radius 1 is 1.17 bits per heavy atom. The third-order valence-corrected chi connectivity index (χ3v) is 7.62. The molecule has 0 bridgehead atoms. The molecule has 0 spiro atoms. The summed E-state index contributed by atoms with van der Waals surface area (Å²) < 4.78 is 22.3. The highest BCUT2D eigenvalue weighted by Crippen LogP contribution is 2.40. The second kappa shape index (κ2) is 10.7. The molecule has 212 valence electrons. The predicted octanol–water partition coefficient (Wildman–Crippen LogP) is 3.54. The lowest BCUT2D eigenvalue weighted by atomic mass is 9.77. The minimum atomic E-state index is -0.964. The zero-order chi connectivity index (χ0) is 28.6. The molecule has 13 nitrogen and oxygen atoms in total. The zero-order valence-corrected chi connectivity index (χ0v) is 22.9. The normalized spacial score (nSPS) is 19.8. The highest BCUT2D eigenvalue weighted by Gasteiger charge is 2.43. The highest BCUT2D eigenvalue weighted by atomic mass is 19.1. The van der Waals surface area contributed by atoms with Crippen molar-refractivity contribution in [2.45, 2.75) is 57.1 Å². The minimum absolute atomic E-state index is 0.0549. The maximum Gasteiger partial charge on any atom is 0.252 e. The number of rotatable bonds is 8. The number of methoxy groups -OCH3 is 1. The first-order valence-corrected chi connectivity index (χ1v) is 13.4. The topological polar surface area (TPSA) is 153 Å². The lowest BCUT2D eigenvalue weighted by Crippen LogP contribution is -2.51. The summed E-state index contributed by atoms with van der Waals surface area (Å²) in [7, 11) is 1.58. The smallest absolute Gasteiger partial charge is 0.252 e. The maximum absolute atomic E-state index is 13.5.